The molecule has 1 fully saturated rings. The molecule has 0 spiro atoms. The Kier molecular flexibility index (Phi) is 5.12. The summed E-state index contributed by atoms with van der Waals surface area (Å²) in [5, 5.41) is 20.1. The smallest absolute Gasteiger partial charge is 0.315 e. The molecule has 3 N–H and O–H groups in total. The van der Waals surface area contributed by atoms with Gasteiger partial charge in [-0.15, -0.1) is 11.3 Å². The summed E-state index contributed by atoms with van der Waals surface area (Å²) in [6.07, 6.45) is 4.02. The number of urea groups is 1. The van der Waals surface area contributed by atoms with Crippen LogP contribution in [0.5, 0.6) is 0 Å². The molecule has 0 saturated heterocycles. The van der Waals surface area contributed by atoms with Crippen LogP contribution in [0.3, 0.4) is 0 Å². The Labute approximate surface area is 138 Å². The third kappa shape index (κ3) is 3.88. The van der Waals surface area contributed by atoms with Crippen molar-refractivity contribution in [2.24, 2.45) is 0 Å². The average Bonchev–Trinajstić information content (AvgIpc) is 3.26. The predicted octanol–water partition coefficient (Wildman–Crippen LogP) is 3.63. The van der Waals surface area contributed by atoms with E-state index < -0.39 is 6.10 Å². The Bertz CT molecular complexity index is 603. The van der Waals surface area contributed by atoms with E-state index in [9.17, 15) is 9.90 Å². The zero-order valence-corrected chi connectivity index (χ0v) is 13.9. The SMILES string of the molecule is O=C(NCc1ccc([C@H](O)c2ccsc2)s1)NC1CCCC1. The summed E-state index contributed by atoms with van der Waals surface area (Å²) in [5.74, 6) is 0. The molecule has 118 valence electrons. The van der Waals surface area contributed by atoms with Gasteiger partial charge in [0.1, 0.15) is 6.10 Å². The van der Waals surface area contributed by atoms with Gasteiger partial charge >= 0.3 is 6.03 Å². The van der Waals surface area contributed by atoms with Crippen LogP contribution in [0.15, 0.2) is 29.0 Å². The molecule has 4 nitrogen and oxygen atoms in total. The number of rotatable bonds is 5. The number of carbonyl (C=O) groups is 1. The van der Waals surface area contributed by atoms with Gasteiger partial charge in [0.15, 0.2) is 0 Å². The average molecular weight is 336 g/mol. The summed E-state index contributed by atoms with van der Waals surface area (Å²) in [6.45, 7) is 0.500. The normalized spacial score (nSPS) is 16.6. The first-order valence-corrected chi connectivity index (χ1v) is 9.31. The van der Waals surface area contributed by atoms with Gasteiger partial charge in [-0.1, -0.05) is 12.8 Å². The maximum atomic E-state index is 11.8. The number of aliphatic hydroxyl groups is 1. The minimum absolute atomic E-state index is 0.0970. The van der Waals surface area contributed by atoms with Crippen LogP contribution < -0.4 is 10.6 Å². The van der Waals surface area contributed by atoms with E-state index in [1.54, 1.807) is 11.3 Å². The highest BCUT2D eigenvalue weighted by Crippen LogP contribution is 2.29. The number of hydrogen-bond acceptors (Lipinski definition) is 4. The van der Waals surface area contributed by atoms with Gasteiger partial charge in [-0.05, 0) is 47.4 Å². The van der Waals surface area contributed by atoms with Crippen LogP contribution in [-0.4, -0.2) is 17.2 Å². The molecule has 2 amide bonds. The van der Waals surface area contributed by atoms with Crippen molar-refractivity contribution >= 4 is 28.7 Å². The molecular weight excluding hydrogens is 316 g/mol. The van der Waals surface area contributed by atoms with Crippen LogP contribution in [0.25, 0.3) is 0 Å². The van der Waals surface area contributed by atoms with Crippen LogP contribution in [0, 0.1) is 0 Å². The van der Waals surface area contributed by atoms with Gasteiger partial charge in [0.05, 0.1) is 6.54 Å². The highest BCUT2D eigenvalue weighted by molar-refractivity contribution is 7.12. The third-order valence-corrected chi connectivity index (χ3v) is 5.76. The second-order valence-corrected chi connectivity index (χ2v) is 7.55. The minimum atomic E-state index is -0.572. The van der Waals surface area contributed by atoms with Gasteiger partial charge < -0.3 is 15.7 Å². The van der Waals surface area contributed by atoms with E-state index in [2.05, 4.69) is 10.6 Å². The molecule has 2 heterocycles. The molecule has 0 aliphatic heterocycles. The fourth-order valence-corrected chi connectivity index (χ4v) is 4.35. The molecule has 1 atom stereocenters. The van der Waals surface area contributed by atoms with E-state index in [1.807, 2.05) is 29.0 Å². The van der Waals surface area contributed by atoms with Crippen LogP contribution >= 0.6 is 22.7 Å². The van der Waals surface area contributed by atoms with Crippen molar-refractivity contribution in [1.29, 1.82) is 0 Å². The van der Waals surface area contributed by atoms with Crippen molar-refractivity contribution in [2.45, 2.75) is 44.4 Å². The first kappa shape index (κ1) is 15.5. The first-order chi connectivity index (χ1) is 10.7. The van der Waals surface area contributed by atoms with Crippen molar-refractivity contribution in [1.82, 2.24) is 10.6 Å². The fourth-order valence-electron chi connectivity index (χ4n) is 2.71. The van der Waals surface area contributed by atoms with Crippen LogP contribution in [0.1, 0.15) is 47.1 Å². The second-order valence-electron chi connectivity index (χ2n) is 5.57. The maximum absolute atomic E-state index is 11.8. The summed E-state index contributed by atoms with van der Waals surface area (Å²) < 4.78 is 0. The minimum Gasteiger partial charge on any atom is -0.383 e. The summed E-state index contributed by atoms with van der Waals surface area (Å²) in [5.41, 5.74) is 0.922. The number of carbonyl (C=O) groups excluding carboxylic acids is 1. The molecule has 0 bridgehead atoms. The third-order valence-electron chi connectivity index (χ3n) is 3.92. The summed E-state index contributed by atoms with van der Waals surface area (Å²) in [7, 11) is 0. The molecule has 22 heavy (non-hydrogen) atoms. The standard InChI is InChI=1S/C16H20N2O2S2/c19-15(11-7-8-21-10-11)14-6-5-13(22-14)9-17-16(20)18-12-3-1-2-4-12/h5-8,10,12,15,19H,1-4,9H2,(H2,17,18,20)/t15-/m1/s1. The molecule has 0 radical (unpaired) electrons. The molecule has 2 aromatic heterocycles. The molecule has 0 aromatic carbocycles. The summed E-state index contributed by atoms with van der Waals surface area (Å²) in [6, 6.07) is 6.06. The molecule has 0 unspecified atom stereocenters. The Morgan fingerprint density at radius 3 is 2.86 bits per heavy atom. The van der Waals surface area contributed by atoms with Crippen molar-refractivity contribution in [3.8, 4) is 0 Å². The maximum Gasteiger partial charge on any atom is 0.315 e. The molecule has 1 aliphatic carbocycles. The van der Waals surface area contributed by atoms with Gasteiger partial charge in [0.25, 0.3) is 0 Å². The quantitative estimate of drug-likeness (QED) is 0.781. The summed E-state index contributed by atoms with van der Waals surface area (Å²) in [4.78, 5) is 13.8. The molecule has 6 heteroatoms. The lowest BCUT2D eigenvalue weighted by Gasteiger charge is -2.12. The van der Waals surface area contributed by atoms with Crippen LogP contribution in [0.2, 0.25) is 0 Å². The second kappa shape index (κ2) is 7.26. The van der Waals surface area contributed by atoms with E-state index in [0.29, 0.717) is 12.6 Å². The van der Waals surface area contributed by atoms with Gasteiger partial charge in [0, 0.05) is 15.8 Å². The van der Waals surface area contributed by atoms with Crippen molar-refractivity contribution in [3.63, 3.8) is 0 Å². The van der Waals surface area contributed by atoms with Gasteiger partial charge in [0.2, 0.25) is 0 Å². The number of hydrogen-bond donors (Lipinski definition) is 3. The number of thiophene rings is 2. The van der Waals surface area contributed by atoms with Gasteiger partial charge in [-0.3, -0.25) is 0 Å². The van der Waals surface area contributed by atoms with E-state index in [4.69, 9.17) is 0 Å². The molecular formula is C16H20N2O2S2. The lowest BCUT2D eigenvalue weighted by molar-refractivity contribution is 0.224. The van der Waals surface area contributed by atoms with Crippen molar-refractivity contribution in [3.05, 3.63) is 44.3 Å². The Balaban J connectivity index is 1.50. The molecule has 1 saturated carbocycles. The molecule has 1 aliphatic rings. The van der Waals surface area contributed by atoms with E-state index in [0.717, 1.165) is 28.2 Å². The zero-order valence-electron chi connectivity index (χ0n) is 12.2. The lowest BCUT2D eigenvalue weighted by Crippen LogP contribution is -2.40. The molecule has 2 aromatic rings. The predicted molar refractivity (Wildman–Crippen MR) is 90.3 cm³/mol. The Morgan fingerprint density at radius 2 is 2.14 bits per heavy atom. The number of amides is 2. The topological polar surface area (TPSA) is 61.4 Å². The molecule has 3 rings (SSSR count). The largest absolute Gasteiger partial charge is 0.383 e. The Hall–Kier alpha value is -1.37. The van der Waals surface area contributed by atoms with Crippen molar-refractivity contribution in [2.75, 3.05) is 0 Å². The number of nitrogens with one attached hydrogen (secondary N) is 2. The van der Waals surface area contributed by atoms with Gasteiger partial charge in [-0.25, -0.2) is 4.79 Å². The van der Waals surface area contributed by atoms with Crippen LogP contribution in [0.4, 0.5) is 4.79 Å². The lowest BCUT2D eigenvalue weighted by atomic mass is 10.2. The highest BCUT2D eigenvalue weighted by atomic mass is 32.1. The fraction of sp³-hybridized carbons (Fsp3) is 0.438. The first-order valence-electron chi connectivity index (χ1n) is 7.55. The zero-order chi connectivity index (χ0) is 15.4. The summed E-state index contributed by atoms with van der Waals surface area (Å²) >= 11 is 3.11. The van der Waals surface area contributed by atoms with Gasteiger partial charge in [-0.2, -0.15) is 11.3 Å². The van der Waals surface area contributed by atoms with Crippen molar-refractivity contribution < 1.29 is 9.90 Å². The Morgan fingerprint density at radius 1 is 1.32 bits per heavy atom. The van der Waals surface area contributed by atoms with Crippen LogP contribution in [-0.2, 0) is 6.54 Å². The monoisotopic (exact) mass is 336 g/mol. The highest BCUT2D eigenvalue weighted by Gasteiger charge is 2.17. The van der Waals surface area contributed by atoms with E-state index in [1.165, 1.54) is 24.2 Å². The van der Waals surface area contributed by atoms with E-state index >= 15 is 0 Å². The van der Waals surface area contributed by atoms with E-state index in [-0.39, 0.29) is 6.03 Å². The number of aliphatic hydroxyl groups excluding tert-OH is 1.